The number of rotatable bonds is 2. The fraction of sp³-hybridized carbons (Fsp3) is 0. The van der Waals surface area contributed by atoms with Crippen LogP contribution in [0, 0.1) is 17.1 Å². The van der Waals surface area contributed by atoms with E-state index in [0.717, 1.165) is 16.9 Å². The van der Waals surface area contributed by atoms with Crippen molar-refractivity contribution < 1.29 is 12.8 Å². The lowest BCUT2D eigenvalue weighted by atomic mass is 10.3. The zero-order valence-corrected chi connectivity index (χ0v) is 11.3. The number of hydrogen-bond donors (Lipinski definition) is 0. The Morgan fingerprint density at radius 1 is 1.42 bits per heavy atom. The topological polar surface area (TPSA) is 75.8 Å². The Morgan fingerprint density at radius 3 is 2.63 bits per heavy atom. The van der Waals surface area contributed by atoms with Crippen LogP contribution in [0.15, 0.2) is 29.4 Å². The van der Waals surface area contributed by atoms with Gasteiger partial charge in [0.05, 0.1) is 16.9 Å². The van der Waals surface area contributed by atoms with Crippen molar-refractivity contribution in [3.8, 4) is 11.8 Å². The molecule has 1 heterocycles. The monoisotopic (exact) mass is 319 g/mol. The molecule has 19 heavy (non-hydrogen) atoms. The van der Waals surface area contributed by atoms with Crippen molar-refractivity contribution in [1.82, 2.24) is 9.78 Å². The molecule has 0 aliphatic rings. The third-order valence-electron chi connectivity index (χ3n) is 2.22. The Bertz CT molecular complexity index is 796. The van der Waals surface area contributed by atoms with Gasteiger partial charge in [-0.15, -0.1) is 0 Å². The normalized spacial score (nSPS) is 11.3. The van der Waals surface area contributed by atoms with Crippen molar-refractivity contribution in [1.29, 1.82) is 5.26 Å². The minimum Gasteiger partial charge on any atom is -0.219 e. The van der Waals surface area contributed by atoms with Gasteiger partial charge >= 0.3 is 0 Å². The third kappa shape index (κ3) is 2.56. The van der Waals surface area contributed by atoms with Crippen LogP contribution in [0.4, 0.5) is 4.39 Å². The third-order valence-corrected chi connectivity index (χ3v) is 3.82. The summed E-state index contributed by atoms with van der Waals surface area (Å²) in [5.74, 6) is -0.744. The smallest absolute Gasteiger partial charge is 0.219 e. The summed E-state index contributed by atoms with van der Waals surface area (Å²) in [5, 5.41) is 11.9. The van der Waals surface area contributed by atoms with Crippen molar-refractivity contribution in [2.45, 2.75) is 5.03 Å². The lowest BCUT2D eigenvalue weighted by Crippen LogP contribution is -2.06. The summed E-state index contributed by atoms with van der Waals surface area (Å²) in [5.41, 5.74) is -0.145. The SMILES string of the molecule is N#Cc1cnn(-c2ccc(Cl)c(F)c2)c1S(=O)(=O)Cl. The predicted molar refractivity (Wildman–Crippen MR) is 66.3 cm³/mol. The van der Waals surface area contributed by atoms with Gasteiger partial charge in [-0.2, -0.15) is 10.4 Å². The zero-order valence-electron chi connectivity index (χ0n) is 9.01. The summed E-state index contributed by atoms with van der Waals surface area (Å²) in [6.45, 7) is 0. The second-order valence-corrected chi connectivity index (χ2v) is 6.31. The second kappa shape index (κ2) is 4.81. The first-order chi connectivity index (χ1) is 8.84. The van der Waals surface area contributed by atoms with E-state index in [-0.39, 0.29) is 16.3 Å². The molecule has 2 aromatic rings. The van der Waals surface area contributed by atoms with Crippen molar-refractivity contribution in [2.24, 2.45) is 0 Å². The molecular weight excluding hydrogens is 316 g/mol. The maximum Gasteiger partial charge on any atom is 0.280 e. The van der Waals surface area contributed by atoms with Crippen LogP contribution in [0.25, 0.3) is 5.69 Å². The molecule has 2 rings (SSSR count). The maximum atomic E-state index is 13.4. The number of benzene rings is 1. The molecular formula is C10H4Cl2FN3O2S. The summed E-state index contributed by atoms with van der Waals surface area (Å²) in [6.07, 6.45) is 1.03. The molecule has 0 aliphatic carbocycles. The molecule has 0 saturated heterocycles. The molecule has 9 heteroatoms. The van der Waals surface area contributed by atoms with Crippen molar-refractivity contribution in [2.75, 3.05) is 0 Å². The van der Waals surface area contributed by atoms with Gasteiger partial charge < -0.3 is 0 Å². The first kappa shape index (κ1) is 13.8. The highest BCUT2D eigenvalue weighted by atomic mass is 35.7. The van der Waals surface area contributed by atoms with E-state index in [0.29, 0.717) is 0 Å². The van der Waals surface area contributed by atoms with Crippen LogP contribution in [0.2, 0.25) is 5.02 Å². The number of hydrogen-bond acceptors (Lipinski definition) is 4. The molecule has 0 unspecified atom stereocenters. The molecule has 98 valence electrons. The fourth-order valence-electron chi connectivity index (χ4n) is 1.45. The molecule has 1 aromatic carbocycles. The van der Waals surface area contributed by atoms with Gasteiger partial charge in [0.1, 0.15) is 17.4 Å². The zero-order chi connectivity index (χ0) is 14.2. The number of nitrogens with zero attached hydrogens (tertiary/aromatic N) is 3. The van der Waals surface area contributed by atoms with Crippen molar-refractivity contribution >= 4 is 31.3 Å². The van der Waals surface area contributed by atoms with Gasteiger partial charge in [-0.25, -0.2) is 17.5 Å². The van der Waals surface area contributed by atoms with Gasteiger partial charge in [0.15, 0.2) is 5.03 Å². The Morgan fingerprint density at radius 2 is 2.11 bits per heavy atom. The van der Waals surface area contributed by atoms with Crippen LogP contribution in [0.3, 0.4) is 0 Å². The average Bonchev–Trinajstić information content (AvgIpc) is 2.76. The van der Waals surface area contributed by atoms with Gasteiger partial charge in [0, 0.05) is 16.7 Å². The average molecular weight is 320 g/mol. The highest BCUT2D eigenvalue weighted by Gasteiger charge is 2.24. The predicted octanol–water partition coefficient (Wildman–Crippen LogP) is 2.46. The Balaban J connectivity index is 2.74. The first-order valence-electron chi connectivity index (χ1n) is 4.73. The molecule has 0 saturated carbocycles. The van der Waals surface area contributed by atoms with E-state index in [4.69, 9.17) is 27.5 Å². The van der Waals surface area contributed by atoms with Gasteiger partial charge in [-0.1, -0.05) is 11.6 Å². The summed E-state index contributed by atoms with van der Waals surface area (Å²) in [6, 6.07) is 5.23. The summed E-state index contributed by atoms with van der Waals surface area (Å²) in [4.78, 5) is 0. The van der Waals surface area contributed by atoms with Crippen LogP contribution in [0.1, 0.15) is 5.56 Å². The first-order valence-corrected chi connectivity index (χ1v) is 7.41. The van der Waals surface area contributed by atoms with Gasteiger partial charge in [-0.3, -0.25) is 0 Å². The van der Waals surface area contributed by atoms with Gasteiger partial charge in [0.2, 0.25) is 0 Å². The Labute approximate surface area is 117 Å². The van der Waals surface area contributed by atoms with E-state index in [2.05, 4.69) is 5.10 Å². The number of nitriles is 1. The Kier molecular flexibility index (Phi) is 3.49. The standard InChI is InChI=1S/C10H4Cl2FN3O2S/c11-8-2-1-7(3-9(8)13)16-10(19(12,17)18)6(4-14)5-15-16/h1-3,5H. The van der Waals surface area contributed by atoms with Gasteiger partial charge in [-0.05, 0) is 12.1 Å². The molecule has 0 aliphatic heterocycles. The van der Waals surface area contributed by atoms with Crippen LogP contribution in [-0.4, -0.2) is 18.2 Å². The number of aromatic nitrogens is 2. The molecule has 0 fully saturated rings. The van der Waals surface area contributed by atoms with Crippen molar-refractivity contribution in [3.05, 3.63) is 40.8 Å². The summed E-state index contributed by atoms with van der Waals surface area (Å²) >= 11 is 5.53. The largest absolute Gasteiger partial charge is 0.280 e. The quantitative estimate of drug-likeness (QED) is 0.797. The van der Waals surface area contributed by atoms with E-state index < -0.39 is 19.9 Å². The van der Waals surface area contributed by atoms with Crippen LogP contribution >= 0.6 is 22.3 Å². The molecule has 0 radical (unpaired) electrons. The van der Waals surface area contributed by atoms with Gasteiger partial charge in [0.25, 0.3) is 9.05 Å². The number of halogens is 3. The molecule has 0 bridgehead atoms. The van der Waals surface area contributed by atoms with E-state index in [1.807, 2.05) is 0 Å². The molecule has 0 atom stereocenters. The van der Waals surface area contributed by atoms with Crippen LogP contribution in [-0.2, 0) is 9.05 Å². The molecule has 0 amide bonds. The lowest BCUT2D eigenvalue weighted by Gasteiger charge is -2.05. The highest BCUT2D eigenvalue weighted by molar-refractivity contribution is 8.13. The summed E-state index contributed by atoms with van der Waals surface area (Å²) in [7, 11) is 1.04. The second-order valence-electron chi connectivity index (χ2n) is 3.42. The fourth-order valence-corrected chi connectivity index (χ4v) is 2.73. The molecule has 5 nitrogen and oxygen atoms in total. The van der Waals surface area contributed by atoms with E-state index in [1.54, 1.807) is 6.07 Å². The maximum absolute atomic E-state index is 13.4. The van der Waals surface area contributed by atoms with Crippen molar-refractivity contribution in [3.63, 3.8) is 0 Å². The molecule has 1 aromatic heterocycles. The van der Waals surface area contributed by atoms with Crippen LogP contribution < -0.4 is 0 Å². The minimum absolute atomic E-state index is 0.0858. The van der Waals surface area contributed by atoms with E-state index in [1.165, 1.54) is 12.1 Å². The van der Waals surface area contributed by atoms with Crippen LogP contribution in [0.5, 0.6) is 0 Å². The lowest BCUT2D eigenvalue weighted by molar-refractivity contribution is 0.597. The molecule has 0 N–H and O–H groups in total. The summed E-state index contributed by atoms with van der Waals surface area (Å²) < 4.78 is 37.1. The van der Waals surface area contributed by atoms with E-state index >= 15 is 0 Å². The molecule has 0 spiro atoms. The highest BCUT2D eigenvalue weighted by Crippen LogP contribution is 2.25. The van der Waals surface area contributed by atoms with E-state index in [9.17, 15) is 12.8 Å². The Hall–Kier alpha value is -1.62. The minimum atomic E-state index is -4.21.